The van der Waals surface area contributed by atoms with Crippen LogP contribution in [0.15, 0.2) is 91.0 Å². The highest BCUT2D eigenvalue weighted by Crippen LogP contribution is 2.61. The number of ether oxygens (including phenoxy) is 1. The van der Waals surface area contributed by atoms with Gasteiger partial charge in [-0.25, -0.2) is 4.90 Å². The molecule has 0 unspecified atom stereocenters. The lowest BCUT2D eigenvalue weighted by atomic mass is 9.55. The van der Waals surface area contributed by atoms with Crippen LogP contribution in [0.25, 0.3) is 0 Å². The standard InChI is InChI=1S/C37H30N2O5/c1-20-15-21(2)17-24(16-20)38-19-22(18-30(38)40)37(43)44-25-13-11-23(12-14-25)39-35(41)33-31-26-7-3-4-8-27(26)32(34(33)36(39)42)29-10-6-5-9-28(29)31/h3-17,22,31-34H,18-19H2,1-2H3/t22-,31?,32?,33+,34+/m1/s1. The number of hydrogen-bond acceptors (Lipinski definition) is 5. The van der Waals surface area contributed by atoms with Gasteiger partial charge in [0.05, 0.1) is 23.4 Å². The Morgan fingerprint density at radius 3 is 1.68 bits per heavy atom. The van der Waals surface area contributed by atoms with Crippen LogP contribution in [0, 0.1) is 31.6 Å². The molecule has 0 N–H and O–H groups in total. The third-order valence-electron chi connectivity index (χ3n) is 9.74. The first-order valence-electron chi connectivity index (χ1n) is 15.1. The molecule has 0 aromatic heterocycles. The summed E-state index contributed by atoms with van der Waals surface area (Å²) >= 11 is 0. The lowest BCUT2D eigenvalue weighted by Gasteiger charge is -2.45. The maximum Gasteiger partial charge on any atom is 0.316 e. The molecule has 4 aromatic rings. The fourth-order valence-electron chi connectivity index (χ4n) is 8.02. The van der Waals surface area contributed by atoms with E-state index in [9.17, 15) is 19.2 Å². The van der Waals surface area contributed by atoms with Gasteiger partial charge in [0.2, 0.25) is 17.7 Å². The second-order valence-corrected chi connectivity index (χ2v) is 12.4. The molecule has 5 aliphatic rings. The Morgan fingerprint density at radius 1 is 0.682 bits per heavy atom. The van der Waals surface area contributed by atoms with Gasteiger partial charge in [0.25, 0.3) is 0 Å². The molecule has 0 spiro atoms. The summed E-state index contributed by atoms with van der Waals surface area (Å²) in [7, 11) is 0. The van der Waals surface area contributed by atoms with Crippen LogP contribution in [-0.4, -0.2) is 30.2 Å². The maximum absolute atomic E-state index is 14.0. The number of benzene rings is 4. The summed E-state index contributed by atoms with van der Waals surface area (Å²) in [5, 5.41) is 0. The number of imide groups is 1. The number of rotatable bonds is 4. The Hall–Kier alpha value is -5.04. The zero-order valence-electron chi connectivity index (χ0n) is 24.4. The number of carbonyl (C=O) groups excluding carboxylic acids is 4. The van der Waals surface area contributed by atoms with E-state index in [0.29, 0.717) is 11.4 Å². The van der Waals surface area contributed by atoms with E-state index in [4.69, 9.17) is 4.74 Å². The summed E-state index contributed by atoms with van der Waals surface area (Å²) in [6.45, 7) is 4.21. The van der Waals surface area contributed by atoms with E-state index < -0.39 is 23.7 Å². The number of amides is 3. The SMILES string of the molecule is Cc1cc(C)cc(N2C[C@H](C(=O)Oc3ccc(N4C(=O)[C@H]5C6c7ccccc7C(c7ccccc76)[C@@H]5C4=O)cc3)CC2=O)c1. The topological polar surface area (TPSA) is 84.0 Å². The van der Waals surface area contributed by atoms with Gasteiger partial charge < -0.3 is 9.64 Å². The molecule has 7 heteroatoms. The van der Waals surface area contributed by atoms with Crippen molar-refractivity contribution < 1.29 is 23.9 Å². The number of carbonyl (C=O) groups is 4. The normalized spacial score (nSPS) is 24.8. The average Bonchev–Trinajstić information content (AvgIpc) is 3.54. The molecule has 2 heterocycles. The molecule has 44 heavy (non-hydrogen) atoms. The quantitative estimate of drug-likeness (QED) is 0.176. The van der Waals surface area contributed by atoms with E-state index in [-0.39, 0.29) is 42.5 Å². The third-order valence-corrected chi connectivity index (χ3v) is 9.74. The summed E-state index contributed by atoms with van der Waals surface area (Å²) in [5.41, 5.74) is 7.86. The molecule has 3 atom stereocenters. The van der Waals surface area contributed by atoms with Crippen molar-refractivity contribution in [2.24, 2.45) is 17.8 Å². The minimum absolute atomic E-state index is 0.0799. The van der Waals surface area contributed by atoms with Gasteiger partial charge in [-0.1, -0.05) is 54.6 Å². The molecule has 2 bridgehead atoms. The van der Waals surface area contributed by atoms with Crippen LogP contribution in [0.5, 0.6) is 5.75 Å². The second-order valence-electron chi connectivity index (χ2n) is 12.4. The first kappa shape index (κ1) is 26.6. The van der Waals surface area contributed by atoms with Crippen LogP contribution in [0.1, 0.15) is 51.6 Å². The smallest absolute Gasteiger partial charge is 0.316 e. The Bertz CT molecular complexity index is 1760. The van der Waals surface area contributed by atoms with Gasteiger partial charge in [-0.3, -0.25) is 19.2 Å². The summed E-state index contributed by atoms with van der Waals surface area (Å²) in [4.78, 5) is 56.8. The van der Waals surface area contributed by atoms with Crippen molar-refractivity contribution >= 4 is 35.1 Å². The van der Waals surface area contributed by atoms with Crippen LogP contribution in [0.3, 0.4) is 0 Å². The van der Waals surface area contributed by atoms with Crippen LogP contribution < -0.4 is 14.5 Å². The van der Waals surface area contributed by atoms with Gasteiger partial charge in [-0.05, 0) is 83.6 Å². The van der Waals surface area contributed by atoms with E-state index in [1.54, 1.807) is 29.2 Å². The lowest BCUT2D eigenvalue weighted by Crippen LogP contribution is -2.41. The number of anilines is 2. The monoisotopic (exact) mass is 582 g/mol. The molecule has 218 valence electrons. The van der Waals surface area contributed by atoms with Crippen molar-refractivity contribution in [3.05, 3.63) is 124 Å². The van der Waals surface area contributed by atoms with Crippen LogP contribution in [0.2, 0.25) is 0 Å². The molecule has 3 aliphatic carbocycles. The second kappa shape index (κ2) is 9.74. The van der Waals surface area contributed by atoms with Gasteiger partial charge in [-0.15, -0.1) is 0 Å². The molecule has 3 amide bonds. The maximum atomic E-state index is 14.0. The summed E-state index contributed by atoms with van der Waals surface area (Å²) < 4.78 is 5.67. The van der Waals surface area contributed by atoms with Gasteiger partial charge in [0.1, 0.15) is 5.75 Å². The fraction of sp³-hybridized carbons (Fsp3) is 0.243. The molecule has 2 saturated heterocycles. The molecular formula is C37H30N2O5. The van der Waals surface area contributed by atoms with Crippen molar-refractivity contribution in [2.75, 3.05) is 16.3 Å². The first-order chi connectivity index (χ1) is 21.3. The Kier molecular flexibility index (Phi) is 5.88. The fourth-order valence-corrected chi connectivity index (χ4v) is 8.02. The van der Waals surface area contributed by atoms with Crippen molar-refractivity contribution in [3.8, 4) is 5.75 Å². The number of nitrogens with zero attached hydrogens (tertiary/aromatic N) is 2. The van der Waals surface area contributed by atoms with Crippen LogP contribution in [0.4, 0.5) is 11.4 Å². The van der Waals surface area contributed by atoms with Gasteiger partial charge in [0, 0.05) is 30.5 Å². The molecule has 2 fully saturated rings. The highest BCUT2D eigenvalue weighted by Gasteiger charge is 2.61. The molecule has 9 rings (SSSR count). The first-order valence-corrected chi connectivity index (χ1v) is 15.1. The van der Waals surface area contributed by atoms with Crippen molar-refractivity contribution in [1.82, 2.24) is 0 Å². The van der Waals surface area contributed by atoms with Crippen molar-refractivity contribution in [3.63, 3.8) is 0 Å². The zero-order valence-corrected chi connectivity index (χ0v) is 24.4. The van der Waals surface area contributed by atoms with Gasteiger partial charge in [-0.2, -0.15) is 0 Å². The molecule has 7 nitrogen and oxygen atoms in total. The molecule has 4 aromatic carbocycles. The van der Waals surface area contributed by atoms with Gasteiger partial charge >= 0.3 is 5.97 Å². The van der Waals surface area contributed by atoms with Gasteiger partial charge in [0.15, 0.2) is 0 Å². The predicted octanol–water partition coefficient (Wildman–Crippen LogP) is 5.66. The Labute approximate surface area is 255 Å². The molecule has 0 radical (unpaired) electrons. The van der Waals surface area contributed by atoms with E-state index in [0.717, 1.165) is 39.1 Å². The number of hydrogen-bond donors (Lipinski definition) is 0. The Balaban J connectivity index is 1.02. The minimum Gasteiger partial charge on any atom is -0.426 e. The highest BCUT2D eigenvalue weighted by atomic mass is 16.5. The predicted molar refractivity (Wildman–Crippen MR) is 164 cm³/mol. The van der Waals surface area contributed by atoms with Crippen molar-refractivity contribution in [2.45, 2.75) is 32.1 Å². The average molecular weight is 583 g/mol. The Morgan fingerprint density at radius 2 is 1.18 bits per heavy atom. The zero-order chi connectivity index (χ0) is 30.3. The van der Waals surface area contributed by atoms with E-state index >= 15 is 0 Å². The summed E-state index contributed by atoms with van der Waals surface area (Å²) in [6, 6.07) is 28.8. The highest BCUT2D eigenvalue weighted by molar-refractivity contribution is 6.23. The largest absolute Gasteiger partial charge is 0.426 e. The number of esters is 1. The lowest BCUT2D eigenvalue weighted by molar-refractivity contribution is -0.139. The molecule has 2 aliphatic heterocycles. The minimum atomic E-state index is -0.591. The van der Waals surface area contributed by atoms with E-state index in [1.807, 2.05) is 56.3 Å². The third kappa shape index (κ3) is 3.88. The molecule has 0 saturated carbocycles. The van der Waals surface area contributed by atoms with E-state index in [1.165, 1.54) is 4.90 Å². The summed E-state index contributed by atoms with van der Waals surface area (Å²) in [6.07, 6.45) is 0.0799. The van der Waals surface area contributed by atoms with Crippen molar-refractivity contribution in [1.29, 1.82) is 0 Å². The molecular weight excluding hydrogens is 552 g/mol. The number of aryl methyl sites for hydroxylation is 2. The van der Waals surface area contributed by atoms with E-state index in [2.05, 4.69) is 24.3 Å². The summed E-state index contributed by atoms with van der Waals surface area (Å²) in [5.74, 6) is -2.54. The van der Waals surface area contributed by atoms with Crippen LogP contribution in [-0.2, 0) is 19.2 Å². The van der Waals surface area contributed by atoms with Crippen LogP contribution >= 0.6 is 0 Å².